The molecule has 0 radical (unpaired) electrons. The SMILES string of the molecule is COc1c(C2CC(CN)CN2C)cc2c(c1Br)OCCO2. The van der Waals surface area contributed by atoms with Crippen LogP contribution in [-0.4, -0.2) is 45.4 Å². The first-order chi connectivity index (χ1) is 10.2. The molecule has 5 nitrogen and oxygen atoms in total. The molecule has 2 heterocycles. The van der Waals surface area contributed by atoms with Gasteiger partial charge in [-0.15, -0.1) is 0 Å². The predicted octanol–water partition coefficient (Wildman–Crippen LogP) is 2.18. The van der Waals surface area contributed by atoms with E-state index in [1.807, 2.05) is 0 Å². The summed E-state index contributed by atoms with van der Waals surface area (Å²) in [7, 11) is 3.82. The summed E-state index contributed by atoms with van der Waals surface area (Å²) in [5, 5.41) is 0. The molecule has 2 aliphatic rings. The van der Waals surface area contributed by atoms with Crippen molar-refractivity contribution in [3.8, 4) is 17.2 Å². The fourth-order valence-corrected chi connectivity index (χ4v) is 3.94. The smallest absolute Gasteiger partial charge is 0.179 e. The number of halogens is 1. The molecule has 2 atom stereocenters. The van der Waals surface area contributed by atoms with E-state index in [0.717, 1.165) is 46.8 Å². The van der Waals surface area contributed by atoms with E-state index in [2.05, 4.69) is 33.9 Å². The Kier molecular flexibility index (Phi) is 4.28. The van der Waals surface area contributed by atoms with Gasteiger partial charge in [0.1, 0.15) is 23.4 Å². The minimum absolute atomic E-state index is 0.292. The van der Waals surface area contributed by atoms with E-state index >= 15 is 0 Å². The van der Waals surface area contributed by atoms with Gasteiger partial charge in [-0.2, -0.15) is 0 Å². The van der Waals surface area contributed by atoms with Crippen LogP contribution in [0, 0.1) is 5.92 Å². The molecule has 1 saturated heterocycles. The molecule has 2 aliphatic heterocycles. The Morgan fingerprint density at radius 2 is 2.19 bits per heavy atom. The standard InChI is InChI=1S/C15H21BrN2O3/c1-18-8-9(7-17)5-11(18)10-6-12-15(21-4-3-20-12)13(16)14(10)19-2/h6,9,11H,3-5,7-8,17H2,1-2H3. The molecule has 3 rings (SSSR count). The van der Waals surface area contributed by atoms with Crippen LogP contribution in [0.1, 0.15) is 18.0 Å². The maximum absolute atomic E-state index is 5.84. The quantitative estimate of drug-likeness (QED) is 0.899. The number of benzene rings is 1. The van der Waals surface area contributed by atoms with Gasteiger partial charge in [0.2, 0.25) is 0 Å². The summed E-state index contributed by atoms with van der Waals surface area (Å²) in [6.07, 6.45) is 1.04. The van der Waals surface area contributed by atoms with Gasteiger partial charge in [0.05, 0.1) is 7.11 Å². The lowest BCUT2D eigenvalue weighted by molar-refractivity contribution is 0.168. The first-order valence-corrected chi connectivity index (χ1v) is 8.01. The summed E-state index contributed by atoms with van der Waals surface area (Å²) in [5.41, 5.74) is 6.97. The Morgan fingerprint density at radius 1 is 1.43 bits per heavy atom. The fraction of sp³-hybridized carbons (Fsp3) is 0.600. The molecule has 0 spiro atoms. The van der Waals surface area contributed by atoms with Crippen LogP contribution >= 0.6 is 15.9 Å². The van der Waals surface area contributed by atoms with E-state index in [9.17, 15) is 0 Å². The Balaban J connectivity index is 2.03. The minimum Gasteiger partial charge on any atom is -0.495 e. The molecule has 2 N–H and O–H groups in total. The second-order valence-electron chi connectivity index (χ2n) is 5.63. The third-order valence-corrected chi connectivity index (χ3v) is 5.01. The van der Waals surface area contributed by atoms with Crippen molar-refractivity contribution < 1.29 is 14.2 Å². The van der Waals surface area contributed by atoms with E-state index in [1.54, 1.807) is 7.11 Å². The van der Waals surface area contributed by atoms with Gasteiger partial charge in [-0.25, -0.2) is 0 Å². The number of ether oxygens (including phenoxy) is 3. The Morgan fingerprint density at radius 3 is 2.86 bits per heavy atom. The lowest BCUT2D eigenvalue weighted by Gasteiger charge is -2.27. The van der Waals surface area contributed by atoms with Crippen LogP contribution in [0.3, 0.4) is 0 Å². The number of nitrogens with zero attached hydrogens (tertiary/aromatic N) is 1. The highest BCUT2D eigenvalue weighted by molar-refractivity contribution is 9.10. The predicted molar refractivity (Wildman–Crippen MR) is 84.2 cm³/mol. The number of likely N-dealkylation sites (tertiary alicyclic amines) is 1. The van der Waals surface area contributed by atoms with Crippen molar-refractivity contribution in [2.45, 2.75) is 12.5 Å². The van der Waals surface area contributed by atoms with Gasteiger partial charge in [0.25, 0.3) is 0 Å². The zero-order valence-electron chi connectivity index (χ0n) is 12.4. The summed E-state index contributed by atoms with van der Waals surface area (Å²) in [6, 6.07) is 2.35. The molecule has 0 bridgehead atoms. The van der Waals surface area contributed by atoms with Crippen LogP contribution < -0.4 is 19.9 Å². The van der Waals surface area contributed by atoms with Crippen LogP contribution in [0.5, 0.6) is 17.2 Å². The van der Waals surface area contributed by atoms with E-state index in [-0.39, 0.29) is 0 Å². The van der Waals surface area contributed by atoms with Crippen LogP contribution in [0.25, 0.3) is 0 Å². The second-order valence-corrected chi connectivity index (χ2v) is 6.42. The molecular formula is C15H21BrN2O3. The van der Waals surface area contributed by atoms with Gasteiger partial charge in [-0.05, 0) is 47.9 Å². The normalized spacial score (nSPS) is 25.1. The summed E-state index contributed by atoms with van der Waals surface area (Å²) in [6.45, 7) is 2.87. The number of hydrogen-bond donors (Lipinski definition) is 1. The zero-order chi connectivity index (χ0) is 15.0. The largest absolute Gasteiger partial charge is 0.495 e. The summed E-state index contributed by atoms with van der Waals surface area (Å²) in [5.74, 6) is 2.87. The highest BCUT2D eigenvalue weighted by Crippen LogP contribution is 2.50. The van der Waals surface area contributed by atoms with Crippen LogP contribution in [0.2, 0.25) is 0 Å². The first kappa shape index (κ1) is 14.9. The van der Waals surface area contributed by atoms with Gasteiger partial charge < -0.3 is 19.9 Å². The third-order valence-electron chi connectivity index (χ3n) is 4.29. The average molecular weight is 357 g/mol. The van der Waals surface area contributed by atoms with Gasteiger partial charge in [-0.3, -0.25) is 4.90 Å². The molecule has 0 saturated carbocycles. The van der Waals surface area contributed by atoms with E-state index in [4.69, 9.17) is 19.9 Å². The van der Waals surface area contributed by atoms with Gasteiger partial charge in [-0.1, -0.05) is 0 Å². The molecule has 0 amide bonds. The number of nitrogens with two attached hydrogens (primary N) is 1. The van der Waals surface area contributed by atoms with Crippen molar-refractivity contribution in [3.05, 3.63) is 16.1 Å². The first-order valence-electron chi connectivity index (χ1n) is 7.22. The lowest BCUT2D eigenvalue weighted by Crippen LogP contribution is -2.21. The Labute approximate surface area is 133 Å². The maximum atomic E-state index is 5.84. The second kappa shape index (κ2) is 6.02. The zero-order valence-corrected chi connectivity index (χ0v) is 14.0. The average Bonchev–Trinajstić information content (AvgIpc) is 2.88. The fourth-order valence-electron chi connectivity index (χ4n) is 3.24. The minimum atomic E-state index is 0.292. The molecule has 1 aromatic rings. The summed E-state index contributed by atoms with van der Waals surface area (Å²) < 4.78 is 17.9. The summed E-state index contributed by atoms with van der Waals surface area (Å²) >= 11 is 3.60. The van der Waals surface area contributed by atoms with Crippen molar-refractivity contribution in [2.24, 2.45) is 11.7 Å². The third kappa shape index (κ3) is 2.60. The van der Waals surface area contributed by atoms with Gasteiger partial charge in [0, 0.05) is 18.2 Å². The molecule has 0 aliphatic carbocycles. The van der Waals surface area contributed by atoms with Crippen LogP contribution in [0.15, 0.2) is 10.5 Å². The van der Waals surface area contributed by atoms with Crippen molar-refractivity contribution in [1.82, 2.24) is 4.90 Å². The van der Waals surface area contributed by atoms with Crippen LogP contribution in [-0.2, 0) is 0 Å². The molecular weight excluding hydrogens is 336 g/mol. The molecule has 1 aromatic carbocycles. The van der Waals surface area contributed by atoms with Crippen molar-refractivity contribution in [1.29, 1.82) is 0 Å². The van der Waals surface area contributed by atoms with E-state index in [0.29, 0.717) is 25.2 Å². The highest BCUT2D eigenvalue weighted by Gasteiger charge is 2.34. The highest BCUT2D eigenvalue weighted by atomic mass is 79.9. The number of hydrogen-bond acceptors (Lipinski definition) is 5. The van der Waals surface area contributed by atoms with E-state index in [1.165, 1.54) is 0 Å². The summed E-state index contributed by atoms with van der Waals surface area (Å²) in [4.78, 5) is 2.33. The Bertz CT molecular complexity index is 538. The topological polar surface area (TPSA) is 57.0 Å². The molecule has 0 aromatic heterocycles. The maximum Gasteiger partial charge on any atom is 0.179 e. The number of rotatable bonds is 3. The molecule has 1 fully saturated rings. The molecule has 116 valence electrons. The lowest BCUT2D eigenvalue weighted by atomic mass is 9.98. The van der Waals surface area contributed by atoms with E-state index < -0.39 is 0 Å². The van der Waals surface area contributed by atoms with Crippen molar-refractivity contribution in [2.75, 3.05) is 40.5 Å². The number of methoxy groups -OCH3 is 1. The van der Waals surface area contributed by atoms with Crippen LogP contribution in [0.4, 0.5) is 0 Å². The van der Waals surface area contributed by atoms with Gasteiger partial charge >= 0.3 is 0 Å². The molecule has 2 unspecified atom stereocenters. The van der Waals surface area contributed by atoms with Crippen molar-refractivity contribution in [3.63, 3.8) is 0 Å². The number of fused-ring (bicyclic) bond motifs is 1. The Hall–Kier alpha value is -0.980. The monoisotopic (exact) mass is 356 g/mol. The molecule has 21 heavy (non-hydrogen) atoms. The molecule has 6 heteroatoms. The van der Waals surface area contributed by atoms with Gasteiger partial charge in [0.15, 0.2) is 11.5 Å². The van der Waals surface area contributed by atoms with Crippen molar-refractivity contribution >= 4 is 15.9 Å².